The number of anilines is 5. The van der Waals surface area contributed by atoms with Gasteiger partial charge in [0.1, 0.15) is 11.4 Å². The van der Waals surface area contributed by atoms with Crippen molar-refractivity contribution in [1.29, 1.82) is 0 Å². The molecule has 3 aliphatic rings. The van der Waals surface area contributed by atoms with Crippen LogP contribution in [-0.2, 0) is 40.6 Å². The zero-order chi connectivity index (χ0) is 39.8. The normalized spacial score (nSPS) is 16.5. The fourth-order valence-corrected chi connectivity index (χ4v) is 7.27. The van der Waals surface area contributed by atoms with Crippen LogP contribution >= 0.6 is 0 Å². The Labute approximate surface area is 321 Å². The molecule has 0 saturated carbocycles. The van der Waals surface area contributed by atoms with Crippen LogP contribution in [0.25, 0.3) is 0 Å². The number of imide groups is 1. The lowest BCUT2D eigenvalue weighted by molar-refractivity contribution is -0.137. The number of alkyl halides is 3. The average Bonchev–Trinajstić information content (AvgIpc) is 3.48. The molecule has 4 aromatic rings. The number of piperazine rings is 1. The molecular weight excluding hydrogens is 754 g/mol. The predicted octanol–water partition coefficient (Wildman–Crippen LogP) is 4.38. The van der Waals surface area contributed by atoms with Crippen LogP contribution < -0.4 is 25.2 Å². The predicted molar refractivity (Wildman–Crippen MR) is 202 cm³/mol. The molecule has 0 unspecified atom stereocenters. The maximum absolute atomic E-state index is 13.9. The highest BCUT2D eigenvalue weighted by atomic mass is 32.2. The standard InChI is InChI=1S/C37H39F3N10O5S/c1-46(56(2,54)55)29-5-3-4-24(19-29)20-41-33-31(37(38,39)40)21-42-35(45-33)43-27-7-9-28(10-8-27)48-16-14-47(15-17-48)22-25-6-11-30-26(18-25)23-50(34(30)52)49-13-12-32(51)44-36(49)53/h3-11,18-19,21H,12-17,20,22-23H2,1-2H3,(H,44,51,53)(H2,41,42,43,45). The molecule has 19 heteroatoms. The van der Waals surface area contributed by atoms with Gasteiger partial charge in [-0.1, -0.05) is 24.3 Å². The first kappa shape index (κ1) is 38.3. The number of sulfonamides is 1. The summed E-state index contributed by atoms with van der Waals surface area (Å²) in [7, 11) is -2.13. The zero-order valence-electron chi connectivity index (χ0n) is 30.5. The molecule has 3 N–H and O–H groups in total. The lowest BCUT2D eigenvalue weighted by Crippen LogP contribution is -2.56. The zero-order valence-corrected chi connectivity index (χ0v) is 31.3. The number of nitrogens with one attached hydrogen (secondary N) is 3. The molecule has 15 nitrogen and oxygen atoms in total. The molecule has 0 atom stereocenters. The van der Waals surface area contributed by atoms with Crippen LogP contribution in [0.2, 0.25) is 0 Å². The summed E-state index contributed by atoms with van der Waals surface area (Å²) >= 11 is 0. The Hall–Kier alpha value is -5.95. The van der Waals surface area contributed by atoms with E-state index >= 15 is 0 Å². The van der Waals surface area contributed by atoms with Gasteiger partial charge in [-0.2, -0.15) is 18.2 Å². The fourth-order valence-electron chi connectivity index (χ4n) is 6.77. The number of urea groups is 1. The van der Waals surface area contributed by atoms with E-state index in [0.29, 0.717) is 29.0 Å². The first-order valence-electron chi connectivity index (χ1n) is 17.7. The molecule has 4 heterocycles. The van der Waals surface area contributed by atoms with E-state index < -0.39 is 33.6 Å². The number of halogens is 3. The summed E-state index contributed by atoms with van der Waals surface area (Å²) < 4.78 is 66.6. The van der Waals surface area contributed by atoms with Crippen molar-refractivity contribution in [3.05, 3.63) is 101 Å². The maximum Gasteiger partial charge on any atom is 0.421 e. The van der Waals surface area contributed by atoms with Crippen LogP contribution in [0, 0.1) is 0 Å². The molecule has 4 amide bonds. The van der Waals surface area contributed by atoms with E-state index in [0.717, 1.165) is 59.8 Å². The first-order chi connectivity index (χ1) is 26.6. The topological polar surface area (TPSA) is 163 Å². The third-order valence-electron chi connectivity index (χ3n) is 9.87. The second-order valence-electron chi connectivity index (χ2n) is 13.7. The summed E-state index contributed by atoms with van der Waals surface area (Å²) in [4.78, 5) is 49.5. The number of aromatic nitrogens is 2. The van der Waals surface area contributed by atoms with Crippen LogP contribution in [0.5, 0.6) is 0 Å². The lowest BCUT2D eigenvalue weighted by atomic mass is 10.1. The summed E-state index contributed by atoms with van der Waals surface area (Å²) in [5.41, 5.74) is 3.87. The number of amides is 4. The van der Waals surface area contributed by atoms with Crippen LogP contribution in [-0.4, -0.2) is 97.2 Å². The molecule has 2 saturated heterocycles. The van der Waals surface area contributed by atoms with Gasteiger partial charge in [0, 0.05) is 75.9 Å². The van der Waals surface area contributed by atoms with Crippen molar-refractivity contribution in [2.24, 2.45) is 0 Å². The van der Waals surface area contributed by atoms with Gasteiger partial charge < -0.3 is 15.5 Å². The Bertz CT molecular complexity index is 2270. The van der Waals surface area contributed by atoms with E-state index in [2.05, 4.69) is 35.7 Å². The van der Waals surface area contributed by atoms with Gasteiger partial charge in [0.2, 0.25) is 21.9 Å². The monoisotopic (exact) mass is 792 g/mol. The third kappa shape index (κ3) is 8.47. The number of hydrogen-bond acceptors (Lipinski definition) is 11. The Morgan fingerprint density at radius 3 is 2.36 bits per heavy atom. The van der Waals surface area contributed by atoms with Gasteiger partial charge in [0.15, 0.2) is 0 Å². The fraction of sp³-hybridized carbons (Fsp3) is 0.324. The molecule has 56 heavy (non-hydrogen) atoms. The highest BCUT2D eigenvalue weighted by Gasteiger charge is 2.37. The van der Waals surface area contributed by atoms with Gasteiger partial charge in [-0.3, -0.25) is 24.1 Å². The summed E-state index contributed by atoms with van der Waals surface area (Å²) in [5, 5.41) is 10.7. The Balaban J connectivity index is 0.937. The Kier molecular flexibility index (Phi) is 10.5. The summed E-state index contributed by atoms with van der Waals surface area (Å²) in [6.45, 7) is 4.15. The second-order valence-corrected chi connectivity index (χ2v) is 15.7. The van der Waals surface area contributed by atoms with Crippen molar-refractivity contribution in [2.45, 2.75) is 32.2 Å². The first-order valence-corrected chi connectivity index (χ1v) is 19.6. The molecule has 0 aliphatic carbocycles. The van der Waals surface area contributed by atoms with E-state index in [1.165, 1.54) is 17.1 Å². The summed E-state index contributed by atoms with van der Waals surface area (Å²) in [6.07, 6.45) is -2.80. The van der Waals surface area contributed by atoms with E-state index in [4.69, 9.17) is 0 Å². The number of benzene rings is 3. The maximum atomic E-state index is 13.9. The number of hydrazine groups is 1. The quantitative estimate of drug-likeness (QED) is 0.198. The van der Waals surface area contributed by atoms with Crippen molar-refractivity contribution < 1.29 is 36.0 Å². The van der Waals surface area contributed by atoms with Crippen molar-refractivity contribution in [3.8, 4) is 0 Å². The van der Waals surface area contributed by atoms with Gasteiger partial charge in [-0.25, -0.2) is 28.2 Å². The number of rotatable bonds is 11. The highest BCUT2D eigenvalue weighted by molar-refractivity contribution is 7.92. The largest absolute Gasteiger partial charge is 0.421 e. The van der Waals surface area contributed by atoms with Crippen LogP contribution in [0.15, 0.2) is 72.9 Å². The summed E-state index contributed by atoms with van der Waals surface area (Å²) in [6, 6.07) is 19.0. The summed E-state index contributed by atoms with van der Waals surface area (Å²) in [5.74, 6) is -1.09. The molecule has 0 spiro atoms. The third-order valence-corrected chi connectivity index (χ3v) is 11.1. The molecule has 294 valence electrons. The molecule has 0 bridgehead atoms. The van der Waals surface area contributed by atoms with Crippen molar-refractivity contribution in [1.82, 2.24) is 30.2 Å². The van der Waals surface area contributed by atoms with Gasteiger partial charge in [-0.15, -0.1) is 0 Å². The number of nitrogens with zero attached hydrogens (tertiary/aromatic N) is 7. The van der Waals surface area contributed by atoms with Crippen LogP contribution in [0.3, 0.4) is 0 Å². The van der Waals surface area contributed by atoms with Gasteiger partial charge in [-0.05, 0) is 59.2 Å². The molecule has 0 radical (unpaired) electrons. The number of hydrogen-bond donors (Lipinski definition) is 3. The van der Waals surface area contributed by atoms with E-state index in [1.54, 1.807) is 42.5 Å². The molecule has 1 aromatic heterocycles. The smallest absolute Gasteiger partial charge is 0.369 e. The molecule has 3 aromatic carbocycles. The highest BCUT2D eigenvalue weighted by Crippen LogP contribution is 2.35. The molecule has 2 fully saturated rings. The number of carbonyl (C=O) groups excluding carboxylic acids is 3. The van der Waals surface area contributed by atoms with Crippen molar-refractivity contribution >= 4 is 56.7 Å². The Morgan fingerprint density at radius 1 is 0.911 bits per heavy atom. The van der Waals surface area contributed by atoms with Gasteiger partial charge >= 0.3 is 12.2 Å². The van der Waals surface area contributed by atoms with Crippen LogP contribution in [0.1, 0.15) is 39.0 Å². The van der Waals surface area contributed by atoms with Crippen molar-refractivity contribution in [2.75, 3.05) is 65.9 Å². The van der Waals surface area contributed by atoms with E-state index in [-0.39, 0.29) is 43.8 Å². The Morgan fingerprint density at radius 2 is 1.66 bits per heavy atom. The van der Waals surface area contributed by atoms with E-state index in [1.807, 2.05) is 24.3 Å². The molecule has 7 rings (SSSR count). The number of carbonyl (C=O) groups is 3. The lowest BCUT2D eigenvalue weighted by Gasteiger charge is -2.36. The average molecular weight is 793 g/mol. The van der Waals surface area contributed by atoms with Crippen molar-refractivity contribution in [3.63, 3.8) is 0 Å². The SMILES string of the molecule is CN(c1cccc(CNc2nc(Nc3ccc(N4CCN(Cc5ccc6c(c5)CN(N5CCC(=O)NC5=O)C6=O)CC4)cc3)ncc2C(F)(F)F)c1)S(C)(=O)=O. The minimum atomic E-state index is -4.72. The minimum Gasteiger partial charge on any atom is -0.369 e. The molecular formula is C37H39F3N10O5S. The molecule has 3 aliphatic heterocycles. The second kappa shape index (κ2) is 15.3. The minimum absolute atomic E-state index is 0.0375. The van der Waals surface area contributed by atoms with Crippen LogP contribution in [0.4, 0.5) is 46.8 Å². The van der Waals surface area contributed by atoms with E-state index in [9.17, 15) is 36.0 Å². The van der Waals surface area contributed by atoms with Gasteiger partial charge in [0.05, 0.1) is 25.0 Å². The van der Waals surface area contributed by atoms with Gasteiger partial charge in [0.25, 0.3) is 5.91 Å². The number of fused-ring (bicyclic) bond motifs is 1.